The minimum atomic E-state index is -0.816. The second kappa shape index (κ2) is 10.4. The molecule has 0 aliphatic rings. The predicted molar refractivity (Wildman–Crippen MR) is 101 cm³/mol. The number of nitro groups is 1. The van der Waals surface area contributed by atoms with Crippen LogP contribution in [-0.4, -0.2) is 43.0 Å². The Hall–Kier alpha value is -3.95. The summed E-state index contributed by atoms with van der Waals surface area (Å²) in [5.41, 5.74) is 0.632. The van der Waals surface area contributed by atoms with Crippen molar-refractivity contribution in [1.29, 1.82) is 0 Å². The maximum Gasteiger partial charge on any atom is 0.325 e. The Labute approximate surface area is 166 Å². The first-order valence-corrected chi connectivity index (χ1v) is 8.47. The van der Waals surface area contributed by atoms with Crippen molar-refractivity contribution in [2.45, 2.75) is 6.54 Å². The molecule has 2 rings (SSSR count). The van der Waals surface area contributed by atoms with E-state index in [1.165, 1.54) is 18.2 Å². The van der Waals surface area contributed by atoms with Gasteiger partial charge in [-0.25, -0.2) is 0 Å². The lowest BCUT2D eigenvalue weighted by Gasteiger charge is -2.08. The first kappa shape index (κ1) is 21.4. The highest BCUT2D eigenvalue weighted by Gasteiger charge is 2.13. The Balaban J connectivity index is 1.70. The molecule has 0 saturated carbocycles. The molecule has 0 aromatic heterocycles. The van der Waals surface area contributed by atoms with Gasteiger partial charge in [0.2, 0.25) is 0 Å². The molecular formula is C19H19N3O7. The normalized spacial score (nSPS) is 9.97. The summed E-state index contributed by atoms with van der Waals surface area (Å²) in [6, 6.07) is 12.2. The van der Waals surface area contributed by atoms with E-state index in [2.05, 4.69) is 10.6 Å². The molecule has 10 nitrogen and oxygen atoms in total. The Kier molecular flexibility index (Phi) is 7.66. The number of amides is 2. The van der Waals surface area contributed by atoms with E-state index in [0.717, 1.165) is 11.6 Å². The molecule has 0 heterocycles. The molecule has 2 amide bonds. The summed E-state index contributed by atoms with van der Waals surface area (Å²) in [4.78, 5) is 45.4. The van der Waals surface area contributed by atoms with Crippen LogP contribution in [0.5, 0.6) is 5.75 Å². The van der Waals surface area contributed by atoms with Crippen molar-refractivity contribution in [2.75, 3.05) is 20.3 Å². The number of esters is 1. The smallest absolute Gasteiger partial charge is 0.325 e. The van der Waals surface area contributed by atoms with E-state index in [4.69, 9.17) is 9.47 Å². The molecule has 0 unspecified atom stereocenters. The highest BCUT2D eigenvalue weighted by atomic mass is 16.6. The molecule has 10 heteroatoms. The third kappa shape index (κ3) is 6.94. The van der Waals surface area contributed by atoms with E-state index in [9.17, 15) is 24.5 Å². The zero-order valence-corrected chi connectivity index (χ0v) is 15.5. The van der Waals surface area contributed by atoms with Gasteiger partial charge in [0, 0.05) is 24.2 Å². The number of carbonyl (C=O) groups excluding carboxylic acids is 3. The Morgan fingerprint density at radius 1 is 1.07 bits per heavy atom. The van der Waals surface area contributed by atoms with Crippen LogP contribution in [0.1, 0.15) is 15.9 Å². The number of nitro benzene ring substituents is 1. The number of methoxy groups -OCH3 is 1. The third-order valence-electron chi connectivity index (χ3n) is 3.73. The van der Waals surface area contributed by atoms with Crippen LogP contribution in [0.3, 0.4) is 0 Å². The average molecular weight is 401 g/mol. The topological polar surface area (TPSA) is 137 Å². The van der Waals surface area contributed by atoms with Gasteiger partial charge in [0.1, 0.15) is 12.3 Å². The SMILES string of the molecule is COc1ccc(CNC(=O)COC(=O)CNC(=O)c2cccc([N+](=O)[O-])c2)cc1. The number of non-ortho nitro benzene ring substituents is 1. The van der Waals surface area contributed by atoms with Crippen molar-refractivity contribution in [1.82, 2.24) is 10.6 Å². The molecule has 0 spiro atoms. The maximum absolute atomic E-state index is 11.9. The predicted octanol–water partition coefficient (Wildman–Crippen LogP) is 1.19. The van der Waals surface area contributed by atoms with Gasteiger partial charge in [-0.05, 0) is 23.8 Å². The summed E-state index contributed by atoms with van der Waals surface area (Å²) in [7, 11) is 1.55. The number of hydrogen-bond donors (Lipinski definition) is 2. The van der Waals surface area contributed by atoms with Crippen LogP contribution in [-0.2, 0) is 20.9 Å². The zero-order chi connectivity index (χ0) is 21.2. The fourth-order valence-corrected chi connectivity index (χ4v) is 2.21. The van der Waals surface area contributed by atoms with E-state index in [-0.39, 0.29) is 17.8 Å². The first-order valence-electron chi connectivity index (χ1n) is 8.47. The van der Waals surface area contributed by atoms with Crippen LogP contribution in [0.25, 0.3) is 0 Å². The van der Waals surface area contributed by atoms with E-state index >= 15 is 0 Å². The highest BCUT2D eigenvalue weighted by Crippen LogP contribution is 2.13. The molecular weight excluding hydrogens is 382 g/mol. The lowest BCUT2D eigenvalue weighted by atomic mass is 10.2. The molecule has 0 bridgehead atoms. The van der Waals surface area contributed by atoms with E-state index in [1.54, 1.807) is 31.4 Å². The molecule has 0 saturated heterocycles. The largest absolute Gasteiger partial charge is 0.497 e. The van der Waals surface area contributed by atoms with Crippen LogP contribution in [0, 0.1) is 10.1 Å². The first-order chi connectivity index (χ1) is 13.9. The molecule has 0 aliphatic heterocycles. The van der Waals surface area contributed by atoms with Crippen molar-refractivity contribution >= 4 is 23.5 Å². The number of nitrogens with one attached hydrogen (secondary N) is 2. The molecule has 152 valence electrons. The fraction of sp³-hybridized carbons (Fsp3) is 0.211. The Morgan fingerprint density at radius 2 is 1.79 bits per heavy atom. The Morgan fingerprint density at radius 3 is 2.45 bits per heavy atom. The third-order valence-corrected chi connectivity index (χ3v) is 3.73. The summed E-state index contributed by atoms with van der Waals surface area (Å²) in [6.45, 7) is -0.723. The number of nitrogens with zero attached hydrogens (tertiary/aromatic N) is 1. The number of benzene rings is 2. The van der Waals surface area contributed by atoms with Crippen molar-refractivity contribution in [3.8, 4) is 5.75 Å². The minimum absolute atomic E-state index is 0.0317. The van der Waals surface area contributed by atoms with Gasteiger partial charge in [-0.1, -0.05) is 18.2 Å². The number of ether oxygens (including phenoxy) is 2. The molecule has 0 atom stereocenters. The monoisotopic (exact) mass is 401 g/mol. The molecule has 0 aliphatic carbocycles. The summed E-state index contributed by atoms with van der Waals surface area (Å²) in [5.74, 6) is -1.29. The number of hydrogen-bond acceptors (Lipinski definition) is 7. The molecule has 2 N–H and O–H groups in total. The average Bonchev–Trinajstić information content (AvgIpc) is 2.74. The van der Waals surface area contributed by atoms with Gasteiger partial charge >= 0.3 is 5.97 Å². The van der Waals surface area contributed by atoms with E-state index in [0.29, 0.717) is 5.75 Å². The van der Waals surface area contributed by atoms with Crippen molar-refractivity contribution in [2.24, 2.45) is 0 Å². The molecule has 0 fully saturated rings. The fourth-order valence-electron chi connectivity index (χ4n) is 2.21. The summed E-state index contributed by atoms with van der Waals surface area (Å²) in [5, 5.41) is 15.6. The number of rotatable bonds is 9. The van der Waals surface area contributed by atoms with E-state index < -0.39 is 35.9 Å². The van der Waals surface area contributed by atoms with E-state index in [1.807, 2.05) is 0 Å². The van der Waals surface area contributed by atoms with Gasteiger partial charge in [0.05, 0.1) is 12.0 Å². The summed E-state index contributed by atoms with van der Waals surface area (Å²) < 4.78 is 9.82. The second-order valence-electron chi connectivity index (χ2n) is 5.78. The van der Waals surface area contributed by atoms with Gasteiger partial charge in [-0.2, -0.15) is 0 Å². The van der Waals surface area contributed by atoms with Gasteiger partial charge in [0.25, 0.3) is 17.5 Å². The lowest BCUT2D eigenvalue weighted by Crippen LogP contribution is -2.33. The zero-order valence-electron chi connectivity index (χ0n) is 15.5. The van der Waals surface area contributed by atoms with Crippen LogP contribution in [0.4, 0.5) is 5.69 Å². The molecule has 29 heavy (non-hydrogen) atoms. The van der Waals surface area contributed by atoms with Gasteiger partial charge < -0.3 is 20.1 Å². The Bertz CT molecular complexity index is 897. The van der Waals surface area contributed by atoms with Crippen molar-refractivity contribution in [3.63, 3.8) is 0 Å². The molecule has 0 radical (unpaired) electrons. The summed E-state index contributed by atoms with van der Waals surface area (Å²) >= 11 is 0. The number of carbonyl (C=O) groups is 3. The summed E-state index contributed by atoms with van der Waals surface area (Å²) in [6.07, 6.45) is 0. The second-order valence-corrected chi connectivity index (χ2v) is 5.78. The van der Waals surface area contributed by atoms with Gasteiger partial charge in [-0.15, -0.1) is 0 Å². The molecule has 2 aromatic carbocycles. The maximum atomic E-state index is 11.9. The molecule has 2 aromatic rings. The van der Waals surface area contributed by atoms with Crippen molar-refractivity contribution < 1.29 is 28.8 Å². The lowest BCUT2D eigenvalue weighted by molar-refractivity contribution is -0.384. The van der Waals surface area contributed by atoms with Crippen LogP contribution in [0.15, 0.2) is 48.5 Å². The van der Waals surface area contributed by atoms with Crippen LogP contribution in [0.2, 0.25) is 0 Å². The van der Waals surface area contributed by atoms with Crippen molar-refractivity contribution in [3.05, 3.63) is 69.8 Å². The highest BCUT2D eigenvalue weighted by molar-refractivity contribution is 5.96. The van der Waals surface area contributed by atoms with Crippen LogP contribution >= 0.6 is 0 Å². The van der Waals surface area contributed by atoms with Gasteiger partial charge in [0.15, 0.2) is 6.61 Å². The van der Waals surface area contributed by atoms with Gasteiger partial charge in [-0.3, -0.25) is 24.5 Å². The standard InChI is InChI=1S/C19H19N3O7/c1-28-16-7-5-13(6-8-16)10-20-17(23)12-29-18(24)11-21-19(25)14-3-2-4-15(9-14)22(26)27/h2-9H,10-12H2,1H3,(H,20,23)(H,21,25). The quantitative estimate of drug-likeness (QED) is 0.366. The van der Waals surface area contributed by atoms with Crippen LogP contribution < -0.4 is 15.4 Å². The minimum Gasteiger partial charge on any atom is -0.497 e.